The summed E-state index contributed by atoms with van der Waals surface area (Å²) in [4.78, 5) is 59.3. The summed E-state index contributed by atoms with van der Waals surface area (Å²) in [5.41, 5.74) is 11.0. The number of thioether (sulfide) groups is 1. The van der Waals surface area contributed by atoms with Crippen molar-refractivity contribution in [3.8, 4) is 0 Å². The molecular formula is C18H33N5O8S. The lowest BCUT2D eigenvalue weighted by molar-refractivity contribution is -0.143. The van der Waals surface area contributed by atoms with E-state index in [1.807, 2.05) is 0 Å². The minimum absolute atomic E-state index is 0.147. The van der Waals surface area contributed by atoms with E-state index in [0.717, 1.165) is 0 Å². The number of aliphatic carboxylic acids is 2. The van der Waals surface area contributed by atoms with E-state index < -0.39 is 66.9 Å². The van der Waals surface area contributed by atoms with E-state index in [9.17, 15) is 24.0 Å². The van der Waals surface area contributed by atoms with Crippen LogP contribution >= 0.6 is 11.8 Å². The fourth-order valence-corrected chi connectivity index (χ4v) is 3.03. The number of aliphatic hydroxyl groups excluding tert-OH is 1. The number of hydrogen-bond donors (Lipinski definition) is 8. The molecule has 3 amide bonds. The van der Waals surface area contributed by atoms with Crippen molar-refractivity contribution in [3.05, 3.63) is 0 Å². The molecule has 4 atom stereocenters. The summed E-state index contributed by atoms with van der Waals surface area (Å²) in [7, 11) is 0. The fourth-order valence-electron chi connectivity index (χ4n) is 2.56. The highest BCUT2D eigenvalue weighted by atomic mass is 32.2. The molecule has 0 fully saturated rings. The molecule has 0 bridgehead atoms. The zero-order valence-electron chi connectivity index (χ0n) is 17.9. The molecule has 13 nitrogen and oxygen atoms in total. The van der Waals surface area contributed by atoms with Gasteiger partial charge in [-0.3, -0.25) is 19.2 Å². The van der Waals surface area contributed by atoms with Crippen LogP contribution < -0.4 is 27.4 Å². The fraction of sp³-hybridized carbons (Fsp3) is 0.722. The Balaban J connectivity index is 5.37. The number of carboxylic acid groups (broad SMARTS) is 2. The van der Waals surface area contributed by atoms with Gasteiger partial charge in [0.15, 0.2) is 0 Å². The second-order valence-corrected chi connectivity index (χ2v) is 7.96. The Labute approximate surface area is 190 Å². The predicted octanol–water partition coefficient (Wildman–Crippen LogP) is -2.80. The number of aliphatic hydroxyl groups is 1. The molecule has 0 aromatic heterocycles. The SMILES string of the molecule is CSCCC(NC(=O)C(N)CC(=O)O)C(=O)NC(CCCCN)C(=O)NC(CO)C(=O)O. The van der Waals surface area contributed by atoms with E-state index in [0.29, 0.717) is 25.1 Å². The smallest absolute Gasteiger partial charge is 0.328 e. The van der Waals surface area contributed by atoms with Crippen molar-refractivity contribution in [2.75, 3.05) is 25.2 Å². The van der Waals surface area contributed by atoms with Crippen molar-refractivity contribution >= 4 is 41.4 Å². The lowest BCUT2D eigenvalue weighted by Gasteiger charge is -2.25. The molecule has 0 aromatic rings. The molecule has 0 radical (unpaired) electrons. The van der Waals surface area contributed by atoms with Crippen LogP contribution in [0.2, 0.25) is 0 Å². The molecule has 0 aromatic carbocycles. The normalized spacial score (nSPS) is 14.5. The van der Waals surface area contributed by atoms with Gasteiger partial charge in [-0.1, -0.05) is 0 Å². The van der Waals surface area contributed by atoms with E-state index in [1.54, 1.807) is 6.26 Å². The van der Waals surface area contributed by atoms with Crippen LogP contribution in [-0.4, -0.2) is 94.3 Å². The number of carbonyl (C=O) groups is 5. The number of carbonyl (C=O) groups excluding carboxylic acids is 3. The van der Waals surface area contributed by atoms with Crippen molar-refractivity contribution < 1.29 is 39.3 Å². The van der Waals surface area contributed by atoms with Crippen LogP contribution in [0.5, 0.6) is 0 Å². The highest BCUT2D eigenvalue weighted by Crippen LogP contribution is 2.06. The molecule has 0 heterocycles. The Bertz CT molecular complexity index is 651. The maximum Gasteiger partial charge on any atom is 0.328 e. The molecule has 0 rings (SSSR count). The van der Waals surface area contributed by atoms with Gasteiger partial charge in [0, 0.05) is 0 Å². The van der Waals surface area contributed by atoms with E-state index in [4.69, 9.17) is 26.8 Å². The van der Waals surface area contributed by atoms with Crippen LogP contribution in [0.15, 0.2) is 0 Å². The molecule has 0 saturated heterocycles. The molecule has 0 saturated carbocycles. The lowest BCUT2D eigenvalue weighted by atomic mass is 10.1. The van der Waals surface area contributed by atoms with E-state index in [2.05, 4.69) is 16.0 Å². The van der Waals surface area contributed by atoms with Crippen LogP contribution in [0.4, 0.5) is 0 Å². The summed E-state index contributed by atoms with van der Waals surface area (Å²) in [6, 6.07) is -5.13. The van der Waals surface area contributed by atoms with Gasteiger partial charge in [-0.15, -0.1) is 0 Å². The van der Waals surface area contributed by atoms with Gasteiger partial charge in [-0.25, -0.2) is 4.79 Å². The second-order valence-electron chi connectivity index (χ2n) is 6.97. The van der Waals surface area contributed by atoms with E-state index in [-0.39, 0.29) is 12.8 Å². The van der Waals surface area contributed by atoms with Gasteiger partial charge in [-0.05, 0) is 44.2 Å². The van der Waals surface area contributed by atoms with Crippen LogP contribution in [0.25, 0.3) is 0 Å². The predicted molar refractivity (Wildman–Crippen MR) is 117 cm³/mol. The maximum absolute atomic E-state index is 12.8. The summed E-state index contributed by atoms with van der Waals surface area (Å²) in [5, 5.41) is 34.0. The number of unbranched alkanes of at least 4 members (excludes halogenated alkanes) is 1. The third-order valence-electron chi connectivity index (χ3n) is 4.35. The first-order valence-corrected chi connectivity index (χ1v) is 11.4. The van der Waals surface area contributed by atoms with Crippen LogP contribution in [-0.2, 0) is 24.0 Å². The molecule has 10 N–H and O–H groups in total. The summed E-state index contributed by atoms with van der Waals surface area (Å²) >= 11 is 1.41. The Morgan fingerprint density at radius 3 is 1.88 bits per heavy atom. The van der Waals surface area contributed by atoms with Crippen molar-refractivity contribution in [1.82, 2.24) is 16.0 Å². The van der Waals surface area contributed by atoms with Crippen molar-refractivity contribution in [2.45, 2.75) is 56.3 Å². The Morgan fingerprint density at radius 2 is 1.41 bits per heavy atom. The average Bonchev–Trinajstić information content (AvgIpc) is 2.72. The van der Waals surface area contributed by atoms with E-state index >= 15 is 0 Å². The summed E-state index contributed by atoms with van der Waals surface area (Å²) in [6.07, 6.45) is 2.51. The Morgan fingerprint density at radius 1 is 0.875 bits per heavy atom. The molecular weight excluding hydrogens is 446 g/mol. The molecule has 0 spiro atoms. The number of hydrogen-bond acceptors (Lipinski definition) is 9. The topological polar surface area (TPSA) is 234 Å². The van der Waals surface area contributed by atoms with Gasteiger partial charge in [-0.2, -0.15) is 11.8 Å². The largest absolute Gasteiger partial charge is 0.481 e. The van der Waals surface area contributed by atoms with Gasteiger partial charge < -0.3 is 42.7 Å². The van der Waals surface area contributed by atoms with Crippen LogP contribution in [0.1, 0.15) is 32.1 Å². The van der Waals surface area contributed by atoms with E-state index in [1.165, 1.54) is 11.8 Å². The van der Waals surface area contributed by atoms with Gasteiger partial charge >= 0.3 is 11.9 Å². The molecule has 0 aliphatic heterocycles. The monoisotopic (exact) mass is 479 g/mol. The maximum atomic E-state index is 12.8. The van der Waals surface area contributed by atoms with Crippen molar-refractivity contribution in [1.29, 1.82) is 0 Å². The summed E-state index contributed by atoms with van der Waals surface area (Å²) < 4.78 is 0. The number of rotatable bonds is 17. The first kappa shape index (κ1) is 29.6. The minimum atomic E-state index is -1.54. The summed E-state index contributed by atoms with van der Waals surface area (Å²) in [5.74, 6) is -4.59. The van der Waals surface area contributed by atoms with Gasteiger partial charge in [0.05, 0.1) is 19.1 Å². The Hall–Kier alpha value is -2.42. The molecule has 184 valence electrons. The van der Waals surface area contributed by atoms with Gasteiger partial charge in [0.1, 0.15) is 18.1 Å². The quantitative estimate of drug-likeness (QED) is 0.0992. The zero-order valence-corrected chi connectivity index (χ0v) is 18.7. The van der Waals surface area contributed by atoms with Crippen molar-refractivity contribution in [2.24, 2.45) is 11.5 Å². The first-order chi connectivity index (χ1) is 15.1. The molecule has 4 unspecified atom stereocenters. The highest BCUT2D eigenvalue weighted by Gasteiger charge is 2.30. The second kappa shape index (κ2) is 16.2. The Kier molecular flexibility index (Phi) is 15.0. The average molecular weight is 480 g/mol. The van der Waals surface area contributed by atoms with Crippen LogP contribution in [0.3, 0.4) is 0 Å². The molecule has 0 aliphatic carbocycles. The first-order valence-electron chi connectivity index (χ1n) is 9.98. The van der Waals surface area contributed by atoms with Gasteiger partial charge in [0.2, 0.25) is 17.7 Å². The molecule has 0 aliphatic rings. The third kappa shape index (κ3) is 11.8. The molecule has 32 heavy (non-hydrogen) atoms. The standard InChI is InChI=1S/C18H33N5O8S/c1-32-7-5-12(21-15(27)10(20)8-14(25)26)17(29)22-11(4-2-3-6-19)16(28)23-13(9-24)18(30)31/h10-13,24H,2-9,19-20H2,1H3,(H,21,27)(H,22,29)(H,23,28)(H,25,26)(H,30,31). The summed E-state index contributed by atoms with van der Waals surface area (Å²) in [6.45, 7) is -0.483. The lowest BCUT2D eigenvalue weighted by Crippen LogP contribution is -2.57. The highest BCUT2D eigenvalue weighted by molar-refractivity contribution is 7.98. The number of nitrogens with one attached hydrogen (secondary N) is 3. The number of nitrogens with two attached hydrogens (primary N) is 2. The zero-order chi connectivity index (χ0) is 24.7. The number of carboxylic acids is 2. The minimum Gasteiger partial charge on any atom is -0.481 e. The van der Waals surface area contributed by atoms with Crippen molar-refractivity contribution in [3.63, 3.8) is 0 Å². The van der Waals surface area contributed by atoms with Gasteiger partial charge in [0.25, 0.3) is 0 Å². The van der Waals surface area contributed by atoms with Crippen LogP contribution in [0, 0.1) is 0 Å². The number of amides is 3. The third-order valence-corrected chi connectivity index (χ3v) is 5.00. The molecule has 14 heteroatoms.